The van der Waals surface area contributed by atoms with Crippen LogP contribution in [0.5, 0.6) is 0 Å². The second kappa shape index (κ2) is 12.3. The van der Waals surface area contributed by atoms with Crippen LogP contribution >= 0.6 is 23.2 Å². The lowest BCUT2D eigenvalue weighted by molar-refractivity contribution is -0.141. The molecular weight excluding hydrogens is 521 g/mol. The van der Waals surface area contributed by atoms with Crippen molar-refractivity contribution in [2.75, 3.05) is 17.1 Å². The van der Waals surface area contributed by atoms with Gasteiger partial charge in [0.1, 0.15) is 6.04 Å². The molecule has 7 nitrogen and oxygen atoms in total. The average Bonchev–Trinajstić information content (AvgIpc) is 2.74. The van der Waals surface area contributed by atoms with E-state index in [9.17, 15) is 18.0 Å². The third-order valence-corrected chi connectivity index (χ3v) is 7.15. The summed E-state index contributed by atoms with van der Waals surface area (Å²) in [6.07, 6.45) is 1.44. The molecule has 0 bridgehead atoms. The first-order chi connectivity index (χ1) is 16.6. The fourth-order valence-corrected chi connectivity index (χ4v) is 5.12. The Morgan fingerprint density at radius 3 is 2.28 bits per heavy atom. The molecule has 0 saturated carbocycles. The van der Waals surface area contributed by atoms with Crippen LogP contribution in [0.4, 0.5) is 5.69 Å². The standard InChI is InChI=1S/C26H35Cl2N3O4S/c1-18-12-13-22(28)16-23(18)31(36(6,34)35)14-8-11-24(32)30(17-20-9-7-10-21(27)15-20)19(2)25(33)29-26(3,4)5/h7,9-10,12-13,15-16,19H,8,11,14,17H2,1-6H3,(H,29,33)/t19-/m1/s1. The maximum atomic E-state index is 13.4. The van der Waals surface area contributed by atoms with Gasteiger partial charge < -0.3 is 10.2 Å². The third kappa shape index (κ3) is 8.98. The predicted molar refractivity (Wildman–Crippen MR) is 147 cm³/mol. The van der Waals surface area contributed by atoms with Gasteiger partial charge in [-0.1, -0.05) is 41.4 Å². The molecule has 0 saturated heterocycles. The molecule has 0 unspecified atom stereocenters. The number of hydrogen-bond acceptors (Lipinski definition) is 4. The summed E-state index contributed by atoms with van der Waals surface area (Å²) in [6.45, 7) is 9.40. The minimum absolute atomic E-state index is 0.0549. The summed E-state index contributed by atoms with van der Waals surface area (Å²) in [6, 6.07) is 11.4. The number of amides is 2. The van der Waals surface area contributed by atoms with Crippen molar-refractivity contribution >= 4 is 50.7 Å². The highest BCUT2D eigenvalue weighted by atomic mass is 35.5. The number of nitrogens with one attached hydrogen (secondary N) is 1. The number of carbonyl (C=O) groups excluding carboxylic acids is 2. The number of anilines is 1. The van der Waals surface area contributed by atoms with Crippen molar-refractivity contribution in [3.05, 3.63) is 63.6 Å². The van der Waals surface area contributed by atoms with Crippen LogP contribution in [0.25, 0.3) is 0 Å². The van der Waals surface area contributed by atoms with Gasteiger partial charge in [0, 0.05) is 35.1 Å². The van der Waals surface area contributed by atoms with Crippen LogP contribution in [0.2, 0.25) is 10.0 Å². The zero-order valence-corrected chi connectivity index (χ0v) is 24.0. The van der Waals surface area contributed by atoms with Crippen LogP contribution in [-0.4, -0.2) is 49.5 Å². The molecule has 0 aliphatic rings. The molecule has 36 heavy (non-hydrogen) atoms. The van der Waals surface area contributed by atoms with Gasteiger partial charge >= 0.3 is 0 Å². The van der Waals surface area contributed by atoms with Gasteiger partial charge in [-0.05, 0) is 76.4 Å². The van der Waals surface area contributed by atoms with E-state index in [1.54, 1.807) is 50.2 Å². The highest BCUT2D eigenvalue weighted by Crippen LogP contribution is 2.27. The minimum atomic E-state index is -3.61. The highest BCUT2D eigenvalue weighted by Gasteiger charge is 2.29. The number of sulfonamides is 1. The van der Waals surface area contributed by atoms with Gasteiger partial charge in [0.15, 0.2) is 0 Å². The Balaban J connectivity index is 2.23. The van der Waals surface area contributed by atoms with Gasteiger partial charge in [-0.25, -0.2) is 8.42 Å². The summed E-state index contributed by atoms with van der Waals surface area (Å²) < 4.78 is 26.3. The number of nitrogens with zero attached hydrogens (tertiary/aromatic N) is 2. The van der Waals surface area contributed by atoms with Crippen molar-refractivity contribution in [3.63, 3.8) is 0 Å². The molecule has 2 aromatic rings. The molecule has 10 heteroatoms. The number of hydrogen-bond donors (Lipinski definition) is 1. The SMILES string of the molecule is Cc1ccc(Cl)cc1N(CCCC(=O)N(Cc1cccc(Cl)c1)[C@H](C)C(=O)NC(C)(C)C)S(C)(=O)=O. The molecule has 0 aliphatic heterocycles. The first kappa shape index (κ1) is 29.9. The van der Waals surface area contributed by atoms with Crippen molar-refractivity contribution in [1.82, 2.24) is 10.2 Å². The molecule has 0 fully saturated rings. The fourth-order valence-electron chi connectivity index (χ4n) is 3.72. The third-order valence-electron chi connectivity index (χ3n) is 5.50. The lowest BCUT2D eigenvalue weighted by atomic mass is 10.1. The quantitative estimate of drug-likeness (QED) is 0.437. The first-order valence-electron chi connectivity index (χ1n) is 11.7. The Morgan fingerprint density at radius 2 is 1.69 bits per heavy atom. The van der Waals surface area contributed by atoms with E-state index in [0.717, 1.165) is 17.4 Å². The molecule has 198 valence electrons. The minimum Gasteiger partial charge on any atom is -0.350 e. The van der Waals surface area contributed by atoms with Gasteiger partial charge in [-0.15, -0.1) is 0 Å². The molecule has 1 atom stereocenters. The lowest BCUT2D eigenvalue weighted by Crippen LogP contribution is -2.52. The van der Waals surface area contributed by atoms with Crippen molar-refractivity contribution in [1.29, 1.82) is 0 Å². The Labute approximate surface area is 224 Å². The topological polar surface area (TPSA) is 86.8 Å². The summed E-state index contributed by atoms with van der Waals surface area (Å²) in [7, 11) is -3.61. The number of carbonyl (C=O) groups is 2. The Morgan fingerprint density at radius 1 is 1.06 bits per heavy atom. The van der Waals surface area contributed by atoms with Crippen LogP contribution in [0.3, 0.4) is 0 Å². The molecule has 0 aromatic heterocycles. The molecule has 0 heterocycles. The Bertz CT molecular complexity index is 1200. The number of aryl methyl sites for hydroxylation is 1. The Hall–Kier alpha value is -2.29. The maximum absolute atomic E-state index is 13.4. The molecule has 2 aromatic carbocycles. The molecule has 2 rings (SSSR count). The molecule has 0 aliphatic carbocycles. The van der Waals surface area contributed by atoms with Gasteiger partial charge in [-0.2, -0.15) is 0 Å². The molecule has 0 spiro atoms. The first-order valence-corrected chi connectivity index (χ1v) is 14.3. The Kier molecular flexibility index (Phi) is 10.2. The van der Waals surface area contributed by atoms with Crippen molar-refractivity contribution in [2.24, 2.45) is 0 Å². The summed E-state index contributed by atoms with van der Waals surface area (Å²) in [5.41, 5.74) is 1.57. The molecule has 0 radical (unpaired) electrons. The highest BCUT2D eigenvalue weighted by molar-refractivity contribution is 7.92. The molecular formula is C26H35Cl2N3O4S. The fraction of sp³-hybridized carbons (Fsp3) is 0.462. The van der Waals surface area contributed by atoms with Crippen molar-refractivity contribution in [2.45, 2.75) is 65.6 Å². The summed E-state index contributed by atoms with van der Waals surface area (Å²) in [4.78, 5) is 27.8. The van der Waals surface area contributed by atoms with Crippen LogP contribution < -0.4 is 9.62 Å². The van der Waals surface area contributed by atoms with Gasteiger partial charge in [0.05, 0.1) is 11.9 Å². The van der Waals surface area contributed by atoms with E-state index in [0.29, 0.717) is 15.7 Å². The van der Waals surface area contributed by atoms with Gasteiger partial charge in [0.25, 0.3) is 0 Å². The van der Waals surface area contributed by atoms with Crippen LogP contribution in [-0.2, 0) is 26.2 Å². The van der Waals surface area contributed by atoms with Crippen LogP contribution in [0.15, 0.2) is 42.5 Å². The maximum Gasteiger partial charge on any atom is 0.242 e. The summed E-state index contributed by atoms with van der Waals surface area (Å²) in [5.74, 6) is -0.534. The molecule has 2 amide bonds. The monoisotopic (exact) mass is 555 g/mol. The van der Waals surface area contributed by atoms with E-state index in [1.807, 2.05) is 26.8 Å². The summed E-state index contributed by atoms with van der Waals surface area (Å²) in [5, 5.41) is 3.88. The predicted octanol–water partition coefficient (Wildman–Crippen LogP) is 5.18. The van der Waals surface area contributed by atoms with E-state index in [1.165, 1.54) is 9.21 Å². The van der Waals surface area contributed by atoms with Crippen molar-refractivity contribution < 1.29 is 18.0 Å². The van der Waals surface area contributed by atoms with E-state index in [2.05, 4.69) is 5.32 Å². The average molecular weight is 557 g/mol. The molecule has 1 N–H and O–H groups in total. The zero-order chi connectivity index (χ0) is 27.3. The van der Waals surface area contributed by atoms with Gasteiger partial charge in [0.2, 0.25) is 21.8 Å². The van der Waals surface area contributed by atoms with Crippen molar-refractivity contribution in [3.8, 4) is 0 Å². The second-order valence-electron chi connectivity index (χ2n) is 9.94. The number of benzene rings is 2. The van der Waals surface area contributed by atoms with E-state index in [4.69, 9.17) is 23.2 Å². The normalized spacial score (nSPS) is 12.7. The summed E-state index contributed by atoms with van der Waals surface area (Å²) >= 11 is 12.2. The van der Waals surface area contributed by atoms with Crippen LogP contribution in [0.1, 0.15) is 51.7 Å². The van der Waals surface area contributed by atoms with E-state index in [-0.39, 0.29) is 37.7 Å². The smallest absolute Gasteiger partial charge is 0.242 e. The van der Waals surface area contributed by atoms with Crippen LogP contribution in [0, 0.1) is 6.92 Å². The van der Waals surface area contributed by atoms with E-state index >= 15 is 0 Å². The zero-order valence-electron chi connectivity index (χ0n) is 21.6. The van der Waals surface area contributed by atoms with Gasteiger partial charge in [-0.3, -0.25) is 13.9 Å². The van der Waals surface area contributed by atoms with E-state index < -0.39 is 21.6 Å². The number of rotatable bonds is 10. The largest absolute Gasteiger partial charge is 0.350 e. The lowest BCUT2D eigenvalue weighted by Gasteiger charge is -2.32. The second-order valence-corrected chi connectivity index (χ2v) is 12.7. The number of halogens is 2.